The minimum atomic E-state index is -0.558. The van der Waals surface area contributed by atoms with Crippen molar-refractivity contribution in [3.05, 3.63) is 30.3 Å². The van der Waals surface area contributed by atoms with Crippen LogP contribution in [0.1, 0.15) is 20.3 Å². The molecule has 0 aliphatic carbocycles. The molecule has 0 amide bonds. The molecule has 0 radical (unpaired) electrons. The van der Waals surface area contributed by atoms with Crippen LogP contribution in [0.5, 0.6) is 0 Å². The van der Waals surface area contributed by atoms with Gasteiger partial charge in [0.15, 0.2) is 0 Å². The number of carbonyl (C=O) groups is 1. The Morgan fingerprint density at radius 1 is 1.38 bits per heavy atom. The fraction of sp³-hybridized carbons (Fsp3) is 0.462. The van der Waals surface area contributed by atoms with Gasteiger partial charge in [-0.05, 0) is 12.1 Å². The summed E-state index contributed by atoms with van der Waals surface area (Å²) < 4.78 is 0. The molecule has 0 fully saturated rings. The standard InChI is InChI=1S/C13H18O2S/c1-3-12(14)10(2)13(15)9-16-11-7-5-4-6-8-11/h4-8,10,13,15H,3,9H2,1-2H3. The molecule has 0 saturated carbocycles. The predicted molar refractivity (Wildman–Crippen MR) is 67.6 cm³/mol. The van der Waals surface area contributed by atoms with Crippen molar-refractivity contribution in [2.45, 2.75) is 31.3 Å². The number of Topliss-reactive ketones (excluding diaryl/α,β-unsaturated/α-hetero) is 1. The van der Waals surface area contributed by atoms with Crippen molar-refractivity contribution < 1.29 is 9.90 Å². The van der Waals surface area contributed by atoms with Crippen LogP contribution in [0.25, 0.3) is 0 Å². The van der Waals surface area contributed by atoms with E-state index in [1.807, 2.05) is 37.3 Å². The minimum Gasteiger partial charge on any atom is -0.392 e. The van der Waals surface area contributed by atoms with E-state index in [0.717, 1.165) is 4.90 Å². The molecule has 1 rings (SSSR count). The number of aliphatic hydroxyl groups is 1. The summed E-state index contributed by atoms with van der Waals surface area (Å²) in [5.41, 5.74) is 0. The maximum absolute atomic E-state index is 11.4. The van der Waals surface area contributed by atoms with Crippen LogP contribution in [0.4, 0.5) is 0 Å². The Labute approximate surface area is 101 Å². The molecule has 0 spiro atoms. The highest BCUT2D eigenvalue weighted by atomic mass is 32.2. The quantitative estimate of drug-likeness (QED) is 0.774. The summed E-state index contributed by atoms with van der Waals surface area (Å²) in [5, 5.41) is 9.84. The molecule has 3 heteroatoms. The van der Waals surface area contributed by atoms with Crippen molar-refractivity contribution in [3.8, 4) is 0 Å². The van der Waals surface area contributed by atoms with Crippen molar-refractivity contribution >= 4 is 17.5 Å². The maximum Gasteiger partial charge on any atom is 0.138 e. The molecule has 1 N–H and O–H groups in total. The van der Waals surface area contributed by atoms with Gasteiger partial charge in [0, 0.05) is 23.0 Å². The van der Waals surface area contributed by atoms with E-state index in [1.54, 1.807) is 18.7 Å². The number of rotatable bonds is 6. The van der Waals surface area contributed by atoms with Gasteiger partial charge < -0.3 is 5.11 Å². The third kappa shape index (κ3) is 3.99. The first-order valence-electron chi connectivity index (χ1n) is 5.53. The van der Waals surface area contributed by atoms with Gasteiger partial charge in [0.05, 0.1) is 6.10 Å². The largest absolute Gasteiger partial charge is 0.392 e. The monoisotopic (exact) mass is 238 g/mol. The van der Waals surface area contributed by atoms with Gasteiger partial charge in [0.1, 0.15) is 5.78 Å². The summed E-state index contributed by atoms with van der Waals surface area (Å²) in [4.78, 5) is 12.5. The fourth-order valence-electron chi connectivity index (χ4n) is 1.38. The molecule has 1 aromatic carbocycles. The highest BCUT2D eigenvalue weighted by Gasteiger charge is 2.20. The molecular weight excluding hydrogens is 220 g/mol. The van der Waals surface area contributed by atoms with Crippen LogP contribution in [0, 0.1) is 5.92 Å². The Bertz CT molecular complexity index is 324. The number of thioether (sulfide) groups is 1. The van der Waals surface area contributed by atoms with Crippen molar-refractivity contribution in [2.24, 2.45) is 5.92 Å². The first kappa shape index (κ1) is 13.3. The average Bonchev–Trinajstić information content (AvgIpc) is 2.35. The summed E-state index contributed by atoms with van der Waals surface area (Å²) in [7, 11) is 0. The van der Waals surface area contributed by atoms with E-state index in [0.29, 0.717) is 12.2 Å². The van der Waals surface area contributed by atoms with Crippen molar-refractivity contribution in [1.82, 2.24) is 0 Å². The van der Waals surface area contributed by atoms with Crippen LogP contribution < -0.4 is 0 Å². The number of hydrogen-bond donors (Lipinski definition) is 1. The summed E-state index contributed by atoms with van der Waals surface area (Å²) in [6.07, 6.45) is -0.0634. The van der Waals surface area contributed by atoms with Gasteiger partial charge >= 0.3 is 0 Å². The Hall–Kier alpha value is -0.800. The summed E-state index contributed by atoms with van der Waals surface area (Å²) in [6, 6.07) is 9.90. The number of carbonyl (C=O) groups excluding carboxylic acids is 1. The van der Waals surface area contributed by atoms with E-state index in [2.05, 4.69) is 0 Å². The molecule has 2 nitrogen and oxygen atoms in total. The van der Waals surface area contributed by atoms with E-state index in [4.69, 9.17) is 0 Å². The van der Waals surface area contributed by atoms with E-state index >= 15 is 0 Å². The van der Waals surface area contributed by atoms with E-state index < -0.39 is 6.10 Å². The molecule has 2 atom stereocenters. The predicted octanol–water partition coefficient (Wildman–Crippen LogP) is 2.75. The minimum absolute atomic E-state index is 0.126. The summed E-state index contributed by atoms with van der Waals surface area (Å²) in [6.45, 7) is 3.62. The van der Waals surface area contributed by atoms with E-state index in [1.165, 1.54) is 0 Å². The summed E-state index contributed by atoms with van der Waals surface area (Å²) in [5.74, 6) is 0.430. The van der Waals surface area contributed by atoms with Gasteiger partial charge in [0.2, 0.25) is 0 Å². The smallest absolute Gasteiger partial charge is 0.138 e. The number of hydrogen-bond acceptors (Lipinski definition) is 3. The van der Waals surface area contributed by atoms with Crippen molar-refractivity contribution in [1.29, 1.82) is 0 Å². The Morgan fingerprint density at radius 3 is 2.56 bits per heavy atom. The molecule has 88 valence electrons. The lowest BCUT2D eigenvalue weighted by atomic mass is 9.99. The fourth-order valence-corrected chi connectivity index (χ4v) is 2.38. The Balaban J connectivity index is 2.41. The molecule has 2 unspecified atom stereocenters. The van der Waals surface area contributed by atoms with Gasteiger partial charge in [-0.2, -0.15) is 0 Å². The van der Waals surface area contributed by atoms with Crippen molar-refractivity contribution in [2.75, 3.05) is 5.75 Å². The number of benzene rings is 1. The summed E-state index contributed by atoms with van der Waals surface area (Å²) >= 11 is 1.58. The lowest BCUT2D eigenvalue weighted by Gasteiger charge is -2.16. The lowest BCUT2D eigenvalue weighted by Crippen LogP contribution is -2.27. The molecule has 0 aliphatic rings. The zero-order valence-corrected chi connectivity index (χ0v) is 10.5. The van der Waals surface area contributed by atoms with Crippen LogP contribution in [0.15, 0.2) is 35.2 Å². The molecular formula is C13H18O2S. The highest BCUT2D eigenvalue weighted by molar-refractivity contribution is 7.99. The van der Waals surface area contributed by atoms with Crippen LogP contribution in [-0.4, -0.2) is 22.7 Å². The molecule has 16 heavy (non-hydrogen) atoms. The topological polar surface area (TPSA) is 37.3 Å². The maximum atomic E-state index is 11.4. The molecule has 0 aliphatic heterocycles. The molecule has 0 bridgehead atoms. The van der Waals surface area contributed by atoms with Crippen LogP contribution in [-0.2, 0) is 4.79 Å². The van der Waals surface area contributed by atoms with Gasteiger partial charge in [-0.3, -0.25) is 4.79 Å². The number of aliphatic hydroxyl groups excluding tert-OH is 1. The molecule has 0 aromatic heterocycles. The first-order valence-corrected chi connectivity index (χ1v) is 6.52. The van der Waals surface area contributed by atoms with Gasteiger partial charge in [-0.15, -0.1) is 11.8 Å². The zero-order valence-electron chi connectivity index (χ0n) is 9.72. The van der Waals surface area contributed by atoms with Crippen LogP contribution >= 0.6 is 11.8 Å². The second-order valence-corrected chi connectivity index (χ2v) is 4.89. The Kier molecular flexibility index (Phi) is 5.56. The second-order valence-electron chi connectivity index (χ2n) is 3.80. The third-order valence-corrected chi connectivity index (χ3v) is 3.71. The van der Waals surface area contributed by atoms with Gasteiger partial charge in [0.25, 0.3) is 0 Å². The van der Waals surface area contributed by atoms with Gasteiger partial charge in [-0.1, -0.05) is 32.0 Å². The van der Waals surface area contributed by atoms with Crippen molar-refractivity contribution in [3.63, 3.8) is 0 Å². The van der Waals surface area contributed by atoms with Crippen LogP contribution in [0.3, 0.4) is 0 Å². The molecule has 0 heterocycles. The normalized spacial score (nSPS) is 14.4. The second kappa shape index (κ2) is 6.71. The van der Waals surface area contributed by atoms with Crippen LogP contribution in [0.2, 0.25) is 0 Å². The first-order chi connectivity index (χ1) is 7.65. The van der Waals surface area contributed by atoms with E-state index in [9.17, 15) is 9.90 Å². The number of ketones is 1. The molecule has 0 saturated heterocycles. The third-order valence-electron chi connectivity index (χ3n) is 2.60. The highest BCUT2D eigenvalue weighted by Crippen LogP contribution is 2.20. The SMILES string of the molecule is CCC(=O)C(C)C(O)CSc1ccccc1. The average molecular weight is 238 g/mol. The zero-order chi connectivity index (χ0) is 12.0. The lowest BCUT2D eigenvalue weighted by molar-refractivity contribution is -0.124. The van der Waals surface area contributed by atoms with E-state index in [-0.39, 0.29) is 11.7 Å². The Morgan fingerprint density at radius 2 is 2.00 bits per heavy atom. The molecule has 1 aromatic rings. The van der Waals surface area contributed by atoms with Gasteiger partial charge in [-0.25, -0.2) is 0 Å².